The van der Waals surface area contributed by atoms with Gasteiger partial charge in [-0.3, -0.25) is 0 Å². The molecule has 0 saturated carbocycles. The van der Waals surface area contributed by atoms with Gasteiger partial charge in [0.1, 0.15) is 5.82 Å². The Kier molecular flexibility index (Phi) is 8.14. The number of hydrogen-bond donors (Lipinski definition) is 1. The Morgan fingerprint density at radius 2 is 1.82 bits per heavy atom. The molecule has 176 valence electrons. The number of rotatable bonds is 9. The maximum atomic E-state index is 13.6. The predicted octanol–water partition coefficient (Wildman–Crippen LogP) is 6.92. The lowest BCUT2D eigenvalue weighted by Gasteiger charge is -2.25. The molecule has 0 radical (unpaired) electrons. The van der Waals surface area contributed by atoms with Crippen LogP contribution >= 0.6 is 0 Å². The highest BCUT2D eigenvalue weighted by Crippen LogP contribution is 2.34. The van der Waals surface area contributed by atoms with Crippen LogP contribution in [0.15, 0.2) is 66.9 Å². The molecule has 0 aliphatic rings. The Hall–Kier alpha value is -3.29. The quantitative estimate of drug-likeness (QED) is 0.273. The average Bonchev–Trinajstić information content (AvgIpc) is 3.19. The van der Waals surface area contributed by atoms with E-state index in [1.54, 1.807) is 6.07 Å². The molecule has 3 aromatic rings. The number of amides is 2. The van der Waals surface area contributed by atoms with Crippen molar-refractivity contribution < 1.29 is 22.4 Å². The van der Waals surface area contributed by atoms with Crippen molar-refractivity contribution in [1.82, 2.24) is 9.47 Å². The molecule has 1 N–H and O–H groups in total. The van der Waals surface area contributed by atoms with Crippen molar-refractivity contribution in [3.8, 4) is 0 Å². The molecule has 1 heterocycles. The molecule has 0 aliphatic heterocycles. The summed E-state index contributed by atoms with van der Waals surface area (Å²) < 4.78 is 55.5. The Balaban J connectivity index is 1.79. The summed E-state index contributed by atoms with van der Waals surface area (Å²) in [5.74, 6) is -0.329. The molecule has 0 unspecified atom stereocenters. The van der Waals surface area contributed by atoms with E-state index < -0.39 is 17.8 Å². The molecular weight excluding hydrogens is 434 g/mol. The molecule has 0 saturated heterocycles. The summed E-state index contributed by atoms with van der Waals surface area (Å²) in [5, 5.41) is 2.44. The summed E-state index contributed by atoms with van der Waals surface area (Å²) in [7, 11) is 0. The number of halogens is 4. The summed E-state index contributed by atoms with van der Waals surface area (Å²) in [6.45, 7) is 3.07. The van der Waals surface area contributed by atoms with Gasteiger partial charge < -0.3 is 14.8 Å². The van der Waals surface area contributed by atoms with E-state index in [4.69, 9.17) is 0 Å². The van der Waals surface area contributed by atoms with Crippen molar-refractivity contribution in [2.75, 3.05) is 11.9 Å². The molecule has 0 bridgehead atoms. The van der Waals surface area contributed by atoms with Gasteiger partial charge >= 0.3 is 12.2 Å². The van der Waals surface area contributed by atoms with E-state index in [0.29, 0.717) is 13.1 Å². The molecule has 2 aromatic carbocycles. The third-order valence-electron chi connectivity index (χ3n) is 5.31. The Morgan fingerprint density at radius 3 is 2.55 bits per heavy atom. The average molecular weight is 462 g/mol. The van der Waals surface area contributed by atoms with Gasteiger partial charge in [-0.25, -0.2) is 9.18 Å². The van der Waals surface area contributed by atoms with Gasteiger partial charge in [-0.05, 0) is 48.4 Å². The third kappa shape index (κ3) is 6.84. The fourth-order valence-electron chi connectivity index (χ4n) is 3.61. The number of unbranched alkanes of at least 4 members (excludes halogenated alkanes) is 2. The van der Waals surface area contributed by atoms with Crippen LogP contribution in [-0.2, 0) is 19.3 Å². The predicted molar refractivity (Wildman–Crippen MR) is 120 cm³/mol. The number of urea groups is 1. The topological polar surface area (TPSA) is 37.3 Å². The fourth-order valence-corrected chi connectivity index (χ4v) is 3.61. The molecule has 3 rings (SSSR count). The standard InChI is InChI=1S/C25H27F4N3O/c1-2-3-6-14-32(24(33)30-23-13-5-4-12-22(23)25(27,28)29)18-21-11-8-15-31(21)17-19-9-7-10-20(26)16-19/h4-5,7-13,15-16H,2-3,6,14,17-18H2,1H3,(H,30,33). The van der Waals surface area contributed by atoms with Gasteiger partial charge in [0.05, 0.1) is 17.8 Å². The minimum atomic E-state index is -4.57. The maximum Gasteiger partial charge on any atom is 0.418 e. The van der Waals surface area contributed by atoms with Crippen LogP contribution < -0.4 is 5.32 Å². The second-order valence-corrected chi connectivity index (χ2v) is 7.86. The van der Waals surface area contributed by atoms with E-state index in [0.717, 1.165) is 36.6 Å². The number of nitrogens with one attached hydrogen (secondary N) is 1. The molecule has 2 amide bonds. The molecule has 33 heavy (non-hydrogen) atoms. The highest BCUT2D eigenvalue weighted by Gasteiger charge is 2.34. The monoisotopic (exact) mass is 461 g/mol. The zero-order valence-electron chi connectivity index (χ0n) is 18.4. The second-order valence-electron chi connectivity index (χ2n) is 7.86. The van der Waals surface area contributed by atoms with Gasteiger partial charge in [-0.2, -0.15) is 13.2 Å². The zero-order chi connectivity index (χ0) is 23.8. The number of nitrogens with zero attached hydrogens (tertiary/aromatic N) is 2. The fraction of sp³-hybridized carbons (Fsp3) is 0.320. The van der Waals surface area contributed by atoms with Crippen molar-refractivity contribution in [3.05, 3.63) is 89.5 Å². The van der Waals surface area contributed by atoms with Gasteiger partial charge in [0.25, 0.3) is 0 Å². The van der Waals surface area contributed by atoms with Crippen LogP contribution in [0.25, 0.3) is 0 Å². The first kappa shape index (κ1) is 24.4. The van der Waals surface area contributed by atoms with Crippen molar-refractivity contribution in [2.45, 2.75) is 45.5 Å². The van der Waals surface area contributed by atoms with E-state index in [1.807, 2.05) is 35.9 Å². The van der Waals surface area contributed by atoms with E-state index in [-0.39, 0.29) is 18.0 Å². The van der Waals surface area contributed by atoms with Crippen LogP contribution in [0.4, 0.5) is 28.0 Å². The number of hydrogen-bond acceptors (Lipinski definition) is 1. The van der Waals surface area contributed by atoms with Gasteiger partial charge in [0.2, 0.25) is 0 Å². The van der Waals surface area contributed by atoms with Crippen molar-refractivity contribution in [1.29, 1.82) is 0 Å². The van der Waals surface area contributed by atoms with Crippen LogP contribution in [0.1, 0.15) is 43.0 Å². The van der Waals surface area contributed by atoms with Crippen LogP contribution in [0.2, 0.25) is 0 Å². The van der Waals surface area contributed by atoms with Crippen molar-refractivity contribution in [3.63, 3.8) is 0 Å². The lowest BCUT2D eigenvalue weighted by Crippen LogP contribution is -2.36. The van der Waals surface area contributed by atoms with Gasteiger partial charge in [-0.15, -0.1) is 0 Å². The Morgan fingerprint density at radius 1 is 1.03 bits per heavy atom. The smallest absolute Gasteiger partial charge is 0.345 e. The van der Waals surface area contributed by atoms with E-state index in [2.05, 4.69) is 5.32 Å². The number of aromatic nitrogens is 1. The lowest BCUT2D eigenvalue weighted by atomic mass is 10.1. The first-order chi connectivity index (χ1) is 15.8. The number of carbonyl (C=O) groups excluding carboxylic acids is 1. The first-order valence-electron chi connectivity index (χ1n) is 10.9. The van der Waals surface area contributed by atoms with Crippen LogP contribution in [-0.4, -0.2) is 22.0 Å². The number of carbonyl (C=O) groups is 1. The van der Waals surface area contributed by atoms with Gasteiger partial charge in [-0.1, -0.05) is 44.0 Å². The zero-order valence-corrected chi connectivity index (χ0v) is 18.4. The maximum absolute atomic E-state index is 13.6. The molecule has 8 heteroatoms. The molecule has 0 fully saturated rings. The third-order valence-corrected chi connectivity index (χ3v) is 5.31. The van der Waals surface area contributed by atoms with Crippen LogP contribution in [0, 0.1) is 5.82 Å². The lowest BCUT2D eigenvalue weighted by molar-refractivity contribution is -0.136. The van der Waals surface area contributed by atoms with E-state index in [1.165, 1.54) is 35.2 Å². The molecule has 0 aliphatic carbocycles. The number of alkyl halides is 3. The Labute approximate surface area is 190 Å². The summed E-state index contributed by atoms with van der Waals surface area (Å²) in [6.07, 6.45) is -0.164. The van der Waals surface area contributed by atoms with Gasteiger partial charge in [0, 0.05) is 25.0 Å². The molecule has 0 spiro atoms. The SMILES string of the molecule is CCCCCN(Cc1cccn1Cc1cccc(F)c1)C(=O)Nc1ccccc1C(F)(F)F. The Bertz CT molecular complexity index is 1060. The van der Waals surface area contributed by atoms with Gasteiger partial charge in [0.15, 0.2) is 0 Å². The largest absolute Gasteiger partial charge is 0.418 e. The molecular formula is C25H27F4N3O. The molecule has 0 atom stereocenters. The molecule has 4 nitrogen and oxygen atoms in total. The van der Waals surface area contributed by atoms with Crippen molar-refractivity contribution >= 4 is 11.7 Å². The summed E-state index contributed by atoms with van der Waals surface area (Å²) in [4.78, 5) is 14.5. The van der Waals surface area contributed by atoms with E-state index >= 15 is 0 Å². The highest BCUT2D eigenvalue weighted by atomic mass is 19.4. The summed E-state index contributed by atoms with van der Waals surface area (Å²) in [6, 6.07) is 14.3. The number of anilines is 1. The van der Waals surface area contributed by atoms with E-state index in [9.17, 15) is 22.4 Å². The minimum absolute atomic E-state index is 0.214. The first-order valence-corrected chi connectivity index (χ1v) is 10.9. The molecule has 1 aromatic heterocycles. The number of benzene rings is 2. The summed E-state index contributed by atoms with van der Waals surface area (Å²) >= 11 is 0. The second kappa shape index (κ2) is 11.0. The van der Waals surface area contributed by atoms with Crippen LogP contribution in [0.3, 0.4) is 0 Å². The van der Waals surface area contributed by atoms with Crippen molar-refractivity contribution in [2.24, 2.45) is 0 Å². The van der Waals surface area contributed by atoms with Crippen LogP contribution in [0.5, 0.6) is 0 Å². The minimum Gasteiger partial charge on any atom is -0.345 e. The highest BCUT2D eigenvalue weighted by molar-refractivity contribution is 5.90. The number of para-hydroxylation sites is 1. The summed E-state index contributed by atoms with van der Waals surface area (Å²) in [5.41, 5.74) is 0.413. The normalized spacial score (nSPS) is 11.4.